The summed E-state index contributed by atoms with van der Waals surface area (Å²) in [4.78, 5) is 41.0. The number of piperidine rings is 2. The summed E-state index contributed by atoms with van der Waals surface area (Å²) in [7, 11) is 0. The molecule has 4 rings (SSSR count). The van der Waals surface area contributed by atoms with Crippen molar-refractivity contribution in [3.05, 3.63) is 23.3 Å². The van der Waals surface area contributed by atoms with Crippen molar-refractivity contribution in [2.75, 3.05) is 45.8 Å². The standard InChI is InChI=1S/C22H33N5O2/c1-17-19(22(29)26-11-3-2-4-12-26)14-23-21(24-17)18-8-7-13-27(15-18)20(28)16-25-9-5-6-10-25/h14,18H,2-13,15-16H2,1H3/t18-/m0/s1. The molecule has 0 saturated carbocycles. The highest BCUT2D eigenvalue weighted by Gasteiger charge is 2.29. The van der Waals surface area contributed by atoms with Crippen LogP contribution in [0.5, 0.6) is 0 Å². The zero-order valence-electron chi connectivity index (χ0n) is 17.6. The van der Waals surface area contributed by atoms with Gasteiger partial charge in [-0.15, -0.1) is 0 Å². The van der Waals surface area contributed by atoms with Gasteiger partial charge in [0.2, 0.25) is 5.91 Å². The third kappa shape index (κ3) is 4.77. The Morgan fingerprint density at radius 2 is 1.66 bits per heavy atom. The van der Waals surface area contributed by atoms with Gasteiger partial charge >= 0.3 is 0 Å². The predicted octanol–water partition coefficient (Wildman–Crippen LogP) is 2.21. The lowest BCUT2D eigenvalue weighted by atomic mass is 9.96. The van der Waals surface area contributed by atoms with Gasteiger partial charge in [-0.05, 0) is 65.0 Å². The molecule has 2 amide bonds. The molecule has 1 aromatic rings. The van der Waals surface area contributed by atoms with Crippen molar-refractivity contribution in [3.8, 4) is 0 Å². The molecule has 0 N–H and O–H groups in total. The molecule has 158 valence electrons. The van der Waals surface area contributed by atoms with Crippen LogP contribution in [0, 0.1) is 6.92 Å². The van der Waals surface area contributed by atoms with Crippen LogP contribution in [0.15, 0.2) is 6.20 Å². The number of aromatic nitrogens is 2. The second kappa shape index (κ2) is 9.20. The van der Waals surface area contributed by atoms with Gasteiger partial charge in [0.25, 0.3) is 5.91 Å². The summed E-state index contributed by atoms with van der Waals surface area (Å²) in [6.07, 6.45) is 9.43. The summed E-state index contributed by atoms with van der Waals surface area (Å²) in [6.45, 7) is 7.69. The first-order valence-corrected chi connectivity index (χ1v) is 11.2. The topological polar surface area (TPSA) is 69.6 Å². The Labute approximate surface area is 173 Å². The molecule has 3 fully saturated rings. The average molecular weight is 400 g/mol. The number of carbonyl (C=O) groups excluding carboxylic acids is 2. The van der Waals surface area contributed by atoms with E-state index in [0.29, 0.717) is 18.7 Å². The molecule has 0 unspecified atom stereocenters. The summed E-state index contributed by atoms with van der Waals surface area (Å²) in [5, 5.41) is 0. The van der Waals surface area contributed by atoms with E-state index in [4.69, 9.17) is 4.98 Å². The minimum atomic E-state index is 0.0554. The molecule has 1 atom stereocenters. The second-order valence-electron chi connectivity index (χ2n) is 8.74. The van der Waals surface area contributed by atoms with E-state index in [-0.39, 0.29) is 17.7 Å². The van der Waals surface area contributed by atoms with Gasteiger partial charge in [-0.3, -0.25) is 14.5 Å². The van der Waals surface area contributed by atoms with Crippen molar-refractivity contribution in [3.63, 3.8) is 0 Å². The van der Waals surface area contributed by atoms with Crippen LogP contribution >= 0.6 is 0 Å². The molecule has 1 aromatic heterocycles. The first-order chi connectivity index (χ1) is 14.1. The van der Waals surface area contributed by atoms with Crippen molar-refractivity contribution in [2.45, 2.75) is 57.8 Å². The molecule has 3 aliphatic rings. The maximum absolute atomic E-state index is 12.8. The van der Waals surface area contributed by atoms with Crippen LogP contribution in [0.1, 0.15) is 72.7 Å². The number of nitrogens with zero attached hydrogens (tertiary/aromatic N) is 5. The fraction of sp³-hybridized carbons (Fsp3) is 0.727. The predicted molar refractivity (Wildman–Crippen MR) is 111 cm³/mol. The van der Waals surface area contributed by atoms with Gasteiger partial charge in [-0.25, -0.2) is 9.97 Å². The Morgan fingerprint density at radius 3 is 2.38 bits per heavy atom. The minimum absolute atomic E-state index is 0.0554. The molecular weight excluding hydrogens is 366 g/mol. The van der Waals surface area contributed by atoms with Crippen LogP contribution in [0.4, 0.5) is 0 Å². The highest BCUT2D eigenvalue weighted by atomic mass is 16.2. The second-order valence-corrected chi connectivity index (χ2v) is 8.74. The Hall–Kier alpha value is -2.02. The minimum Gasteiger partial charge on any atom is -0.341 e. The molecule has 7 nitrogen and oxygen atoms in total. The maximum atomic E-state index is 12.8. The summed E-state index contributed by atoms with van der Waals surface area (Å²) in [5.41, 5.74) is 1.37. The zero-order valence-corrected chi connectivity index (χ0v) is 17.6. The fourth-order valence-corrected chi connectivity index (χ4v) is 4.81. The van der Waals surface area contributed by atoms with Crippen LogP contribution in [0.25, 0.3) is 0 Å². The van der Waals surface area contributed by atoms with Gasteiger partial charge < -0.3 is 9.80 Å². The Kier molecular flexibility index (Phi) is 6.43. The van der Waals surface area contributed by atoms with Crippen molar-refractivity contribution in [1.29, 1.82) is 0 Å². The SMILES string of the molecule is Cc1nc([C@H]2CCCN(C(=O)CN3CCCC3)C2)ncc1C(=O)N1CCCCC1. The van der Waals surface area contributed by atoms with Gasteiger partial charge in [0.15, 0.2) is 0 Å². The molecule has 4 heterocycles. The average Bonchev–Trinajstić information content (AvgIpc) is 3.27. The van der Waals surface area contributed by atoms with Gasteiger partial charge in [-0.1, -0.05) is 0 Å². The van der Waals surface area contributed by atoms with Gasteiger partial charge in [0.1, 0.15) is 5.82 Å². The van der Waals surface area contributed by atoms with Gasteiger partial charge in [0, 0.05) is 38.3 Å². The molecule has 29 heavy (non-hydrogen) atoms. The number of hydrogen-bond donors (Lipinski definition) is 0. The van der Waals surface area contributed by atoms with E-state index < -0.39 is 0 Å². The van der Waals surface area contributed by atoms with Gasteiger partial charge in [0.05, 0.1) is 17.8 Å². The largest absolute Gasteiger partial charge is 0.341 e. The van der Waals surface area contributed by atoms with E-state index in [1.165, 1.54) is 19.3 Å². The quantitative estimate of drug-likeness (QED) is 0.776. The van der Waals surface area contributed by atoms with Crippen molar-refractivity contribution < 1.29 is 9.59 Å². The number of hydrogen-bond acceptors (Lipinski definition) is 5. The first-order valence-electron chi connectivity index (χ1n) is 11.2. The smallest absolute Gasteiger partial charge is 0.257 e. The molecule has 0 aliphatic carbocycles. The summed E-state index contributed by atoms with van der Waals surface area (Å²) in [5.74, 6) is 1.21. The van der Waals surface area contributed by atoms with Crippen molar-refractivity contribution >= 4 is 11.8 Å². The molecular formula is C22H33N5O2. The number of amides is 2. The highest BCUT2D eigenvalue weighted by molar-refractivity contribution is 5.95. The lowest BCUT2D eigenvalue weighted by Gasteiger charge is -2.33. The van der Waals surface area contributed by atoms with Crippen molar-refractivity contribution in [1.82, 2.24) is 24.7 Å². The molecule has 0 bridgehead atoms. The summed E-state index contributed by atoms with van der Waals surface area (Å²) >= 11 is 0. The summed E-state index contributed by atoms with van der Waals surface area (Å²) in [6, 6.07) is 0. The molecule has 3 saturated heterocycles. The molecule has 0 radical (unpaired) electrons. The molecule has 3 aliphatic heterocycles. The number of aryl methyl sites for hydroxylation is 1. The van der Waals surface area contributed by atoms with E-state index in [2.05, 4.69) is 9.88 Å². The lowest BCUT2D eigenvalue weighted by Crippen LogP contribution is -2.44. The first kappa shape index (κ1) is 20.3. The normalized spacial score (nSPS) is 23.4. The van der Waals surface area contributed by atoms with Crippen LogP contribution in [-0.4, -0.2) is 82.3 Å². The van der Waals surface area contributed by atoms with Gasteiger partial charge in [-0.2, -0.15) is 0 Å². The van der Waals surface area contributed by atoms with E-state index in [9.17, 15) is 9.59 Å². The Balaban J connectivity index is 1.40. The van der Waals surface area contributed by atoms with Crippen molar-refractivity contribution in [2.24, 2.45) is 0 Å². The molecule has 0 spiro atoms. The third-order valence-corrected chi connectivity index (χ3v) is 6.57. The maximum Gasteiger partial charge on any atom is 0.257 e. The number of carbonyl (C=O) groups is 2. The van der Waals surface area contributed by atoms with E-state index in [0.717, 1.165) is 69.9 Å². The number of rotatable bonds is 4. The van der Waals surface area contributed by atoms with E-state index in [1.807, 2.05) is 16.7 Å². The molecule has 0 aromatic carbocycles. The summed E-state index contributed by atoms with van der Waals surface area (Å²) < 4.78 is 0. The fourth-order valence-electron chi connectivity index (χ4n) is 4.81. The third-order valence-electron chi connectivity index (χ3n) is 6.57. The Morgan fingerprint density at radius 1 is 0.966 bits per heavy atom. The Bertz CT molecular complexity index is 741. The molecule has 7 heteroatoms. The lowest BCUT2D eigenvalue weighted by molar-refractivity contribution is -0.133. The van der Waals surface area contributed by atoms with Crippen LogP contribution in [0.3, 0.4) is 0 Å². The number of likely N-dealkylation sites (tertiary alicyclic amines) is 3. The highest BCUT2D eigenvalue weighted by Crippen LogP contribution is 2.26. The monoisotopic (exact) mass is 399 g/mol. The van der Waals surface area contributed by atoms with E-state index >= 15 is 0 Å². The van der Waals surface area contributed by atoms with Crippen LogP contribution in [0.2, 0.25) is 0 Å². The van der Waals surface area contributed by atoms with Crippen LogP contribution < -0.4 is 0 Å². The van der Waals surface area contributed by atoms with E-state index in [1.54, 1.807) is 6.20 Å². The van der Waals surface area contributed by atoms with Crippen LogP contribution in [-0.2, 0) is 4.79 Å². The zero-order chi connectivity index (χ0) is 20.2.